The molecule has 0 amide bonds. The Morgan fingerprint density at radius 3 is 1.40 bits per heavy atom. The number of nitrogens with zero attached hydrogens (tertiary/aromatic N) is 1. The summed E-state index contributed by atoms with van der Waals surface area (Å²) in [6, 6.07) is 68.4. The molecule has 2 saturated carbocycles. The number of hydrogen-bond donors (Lipinski definition) is 0. The first-order valence-corrected chi connectivity index (χ1v) is 23.7. The van der Waals surface area contributed by atoms with Gasteiger partial charge < -0.3 is 4.90 Å². The van der Waals surface area contributed by atoms with E-state index in [9.17, 15) is 0 Å². The molecule has 306 valence electrons. The van der Waals surface area contributed by atoms with E-state index in [1.165, 1.54) is 157 Å². The van der Waals surface area contributed by atoms with Crippen LogP contribution in [0.1, 0.15) is 122 Å². The maximum Gasteiger partial charge on any atom is 0.0726 e. The van der Waals surface area contributed by atoms with Crippen LogP contribution in [0.5, 0.6) is 0 Å². The molecular formula is C62H53N. The second-order valence-electron chi connectivity index (χ2n) is 19.7. The minimum Gasteiger partial charge on any atom is -0.310 e. The molecule has 0 atom stereocenters. The van der Waals surface area contributed by atoms with E-state index in [4.69, 9.17) is 0 Å². The first kappa shape index (κ1) is 37.1. The summed E-state index contributed by atoms with van der Waals surface area (Å²) in [7, 11) is 0. The van der Waals surface area contributed by atoms with Crippen LogP contribution >= 0.6 is 0 Å². The average Bonchev–Trinajstić information content (AvgIpc) is 4.19. The Balaban J connectivity index is 1.08. The highest BCUT2D eigenvalue weighted by atomic mass is 15.1. The fourth-order valence-corrected chi connectivity index (χ4v) is 13.2. The third-order valence-electron chi connectivity index (χ3n) is 16.2. The Morgan fingerprint density at radius 1 is 0.365 bits per heavy atom. The van der Waals surface area contributed by atoms with Crippen molar-refractivity contribution >= 4 is 17.1 Å². The van der Waals surface area contributed by atoms with Crippen LogP contribution in [-0.2, 0) is 10.8 Å². The number of para-hydroxylation sites is 1. The Bertz CT molecular complexity index is 3050. The van der Waals surface area contributed by atoms with Gasteiger partial charge in [-0.05, 0) is 151 Å². The first-order chi connectivity index (χ1) is 31.0. The van der Waals surface area contributed by atoms with Gasteiger partial charge >= 0.3 is 0 Å². The van der Waals surface area contributed by atoms with E-state index in [1.807, 2.05) is 0 Å². The summed E-state index contributed by atoms with van der Waals surface area (Å²) >= 11 is 0. The summed E-state index contributed by atoms with van der Waals surface area (Å²) in [5, 5.41) is 0. The molecule has 0 radical (unpaired) electrons. The van der Waals surface area contributed by atoms with Crippen molar-refractivity contribution in [2.24, 2.45) is 0 Å². The first-order valence-electron chi connectivity index (χ1n) is 23.7. The molecule has 8 aromatic rings. The summed E-state index contributed by atoms with van der Waals surface area (Å²) in [4.78, 5) is 2.57. The van der Waals surface area contributed by atoms with Crippen LogP contribution in [0.3, 0.4) is 0 Å². The van der Waals surface area contributed by atoms with Gasteiger partial charge in [-0.3, -0.25) is 0 Å². The maximum atomic E-state index is 2.67. The smallest absolute Gasteiger partial charge is 0.0726 e. The van der Waals surface area contributed by atoms with Crippen LogP contribution < -0.4 is 4.90 Å². The number of benzene rings is 8. The van der Waals surface area contributed by atoms with Gasteiger partial charge in [0.2, 0.25) is 0 Å². The van der Waals surface area contributed by atoms with Crippen LogP contribution in [0, 0.1) is 0 Å². The SMILES string of the molecule is CC1(C)c2ccccc2-c2ccc(N(c3ccc4c(c3)C3(c5ccccc5-4)c4cc(C5CCCC5)ccc4-c4ccc(C5CCCC5)cc43)c3ccccc3-c3ccccc3)cc21. The third-order valence-corrected chi connectivity index (χ3v) is 16.2. The van der Waals surface area contributed by atoms with Crippen LogP contribution in [-0.4, -0.2) is 0 Å². The molecule has 0 N–H and O–H groups in total. The van der Waals surface area contributed by atoms with Crippen LogP contribution in [0.15, 0.2) is 176 Å². The van der Waals surface area contributed by atoms with Crippen molar-refractivity contribution in [3.8, 4) is 44.5 Å². The minimum atomic E-state index is -0.429. The van der Waals surface area contributed by atoms with E-state index < -0.39 is 5.41 Å². The van der Waals surface area contributed by atoms with Crippen molar-refractivity contribution in [3.05, 3.63) is 220 Å². The topological polar surface area (TPSA) is 3.24 Å². The van der Waals surface area contributed by atoms with Gasteiger partial charge in [-0.2, -0.15) is 0 Å². The predicted octanol–water partition coefficient (Wildman–Crippen LogP) is 16.8. The molecule has 63 heavy (non-hydrogen) atoms. The van der Waals surface area contributed by atoms with Gasteiger partial charge in [0, 0.05) is 22.4 Å². The normalized spacial score (nSPS) is 17.3. The lowest BCUT2D eigenvalue weighted by Gasteiger charge is -2.34. The molecule has 2 fully saturated rings. The van der Waals surface area contributed by atoms with Crippen molar-refractivity contribution in [3.63, 3.8) is 0 Å². The van der Waals surface area contributed by atoms with Gasteiger partial charge in [-0.15, -0.1) is 0 Å². The van der Waals surface area contributed by atoms with Gasteiger partial charge in [-0.25, -0.2) is 0 Å². The lowest BCUT2D eigenvalue weighted by molar-refractivity contribution is 0.660. The zero-order valence-electron chi connectivity index (χ0n) is 36.5. The van der Waals surface area contributed by atoms with E-state index in [-0.39, 0.29) is 5.41 Å². The fourth-order valence-electron chi connectivity index (χ4n) is 13.2. The van der Waals surface area contributed by atoms with Crippen molar-refractivity contribution in [1.29, 1.82) is 0 Å². The zero-order valence-corrected chi connectivity index (χ0v) is 36.5. The molecule has 0 unspecified atom stereocenters. The van der Waals surface area contributed by atoms with Gasteiger partial charge in [0.05, 0.1) is 11.1 Å². The number of rotatable bonds is 6. The van der Waals surface area contributed by atoms with E-state index in [2.05, 4.69) is 195 Å². The monoisotopic (exact) mass is 811 g/mol. The Labute approximate surface area is 373 Å². The summed E-state index contributed by atoms with van der Waals surface area (Å²) in [5.41, 5.74) is 25.3. The molecule has 0 aromatic heterocycles. The Morgan fingerprint density at radius 2 is 0.794 bits per heavy atom. The van der Waals surface area contributed by atoms with Crippen LogP contribution in [0.4, 0.5) is 17.1 Å². The molecule has 0 saturated heterocycles. The quantitative estimate of drug-likeness (QED) is 0.162. The van der Waals surface area contributed by atoms with Crippen molar-refractivity contribution in [2.45, 2.75) is 87.9 Å². The van der Waals surface area contributed by atoms with Crippen molar-refractivity contribution in [2.75, 3.05) is 4.90 Å². The molecule has 5 aliphatic rings. The summed E-state index contributed by atoms with van der Waals surface area (Å²) in [5.74, 6) is 1.26. The lowest BCUT2D eigenvalue weighted by atomic mass is 9.69. The average molecular weight is 812 g/mol. The van der Waals surface area contributed by atoms with Gasteiger partial charge in [-0.1, -0.05) is 185 Å². The highest BCUT2D eigenvalue weighted by Gasteiger charge is 2.52. The second kappa shape index (κ2) is 14.0. The Kier molecular flexibility index (Phi) is 8.27. The standard InChI is InChI=1S/C62H53N/c1-61(2)54-25-13-10-23-48(54)50-34-30-45(38-56(50)61)63(60-27-15-12-22-47(60)42-20-4-3-5-21-42)46-31-35-53-49-24-11-14-26-55(49)62(59(53)39-46)57-36-43(40-16-6-7-17-40)28-32-51(57)52-33-29-44(37-58(52)62)41-18-8-9-19-41/h3-5,10-15,20-41H,6-9,16-19H2,1-2H3. The van der Waals surface area contributed by atoms with Gasteiger partial charge in [0.1, 0.15) is 0 Å². The van der Waals surface area contributed by atoms with E-state index in [0.29, 0.717) is 11.8 Å². The molecule has 1 spiro atoms. The molecule has 13 rings (SSSR count). The number of anilines is 3. The largest absolute Gasteiger partial charge is 0.310 e. The van der Waals surface area contributed by atoms with Crippen LogP contribution in [0.2, 0.25) is 0 Å². The molecule has 1 nitrogen and oxygen atoms in total. The highest BCUT2D eigenvalue weighted by molar-refractivity contribution is 5.98. The lowest BCUT2D eigenvalue weighted by Crippen LogP contribution is -2.27. The molecule has 0 heterocycles. The molecular weight excluding hydrogens is 759 g/mol. The van der Waals surface area contributed by atoms with E-state index in [0.717, 1.165) is 0 Å². The molecule has 5 aliphatic carbocycles. The predicted molar refractivity (Wildman–Crippen MR) is 263 cm³/mol. The fraction of sp³-hybridized carbons (Fsp3) is 0.226. The Hall–Kier alpha value is -6.44. The zero-order chi connectivity index (χ0) is 41.9. The summed E-state index contributed by atoms with van der Waals surface area (Å²) in [6.07, 6.45) is 10.5. The van der Waals surface area contributed by atoms with E-state index in [1.54, 1.807) is 0 Å². The number of hydrogen-bond acceptors (Lipinski definition) is 1. The van der Waals surface area contributed by atoms with Crippen molar-refractivity contribution < 1.29 is 0 Å². The van der Waals surface area contributed by atoms with Gasteiger partial charge in [0.15, 0.2) is 0 Å². The molecule has 8 aromatic carbocycles. The van der Waals surface area contributed by atoms with Crippen molar-refractivity contribution in [1.82, 2.24) is 0 Å². The second-order valence-corrected chi connectivity index (χ2v) is 19.7. The number of fused-ring (bicyclic) bond motifs is 13. The molecule has 1 heteroatoms. The maximum absolute atomic E-state index is 2.67. The van der Waals surface area contributed by atoms with E-state index >= 15 is 0 Å². The third kappa shape index (κ3) is 5.35. The minimum absolute atomic E-state index is 0.124. The molecule has 0 bridgehead atoms. The van der Waals surface area contributed by atoms with Gasteiger partial charge in [0.25, 0.3) is 0 Å². The molecule has 0 aliphatic heterocycles. The summed E-state index contributed by atoms with van der Waals surface area (Å²) < 4.78 is 0. The van der Waals surface area contributed by atoms with Crippen LogP contribution in [0.25, 0.3) is 44.5 Å². The highest BCUT2D eigenvalue weighted by Crippen LogP contribution is 2.64. The summed E-state index contributed by atoms with van der Waals surface area (Å²) in [6.45, 7) is 4.80.